The van der Waals surface area contributed by atoms with Crippen molar-refractivity contribution in [3.63, 3.8) is 0 Å². The number of anilines is 1. The average molecular weight is 385 g/mol. The van der Waals surface area contributed by atoms with Gasteiger partial charge in [-0.3, -0.25) is 9.59 Å². The van der Waals surface area contributed by atoms with E-state index in [4.69, 9.17) is 11.6 Å². The highest BCUT2D eigenvalue weighted by Gasteiger charge is 2.06. The fraction of sp³-hybridized carbons (Fsp3) is 0.167. The monoisotopic (exact) mass is 384 g/mol. The van der Waals surface area contributed by atoms with Crippen LogP contribution in [0.3, 0.4) is 0 Å². The van der Waals surface area contributed by atoms with Crippen LogP contribution in [-0.2, 0) is 4.79 Å². The van der Waals surface area contributed by atoms with Crippen LogP contribution in [0.5, 0.6) is 0 Å². The standard InChI is InChI=1S/C18H17ClN6O2/c19-14-5-3-13(4-6-14)18(27)20-11-1-2-17(26)22-15-7-9-16(10-8-15)25-12-21-23-24-25/h3-10,12H,1-2,11H2,(H,20,27)(H,22,26). The van der Waals surface area contributed by atoms with Crippen molar-refractivity contribution in [1.29, 1.82) is 0 Å². The molecule has 0 bridgehead atoms. The van der Waals surface area contributed by atoms with Gasteiger partial charge >= 0.3 is 0 Å². The lowest BCUT2D eigenvalue weighted by Gasteiger charge is -2.07. The van der Waals surface area contributed by atoms with Gasteiger partial charge in [0.1, 0.15) is 6.33 Å². The van der Waals surface area contributed by atoms with Gasteiger partial charge in [0.25, 0.3) is 5.91 Å². The van der Waals surface area contributed by atoms with Crippen molar-refractivity contribution in [1.82, 2.24) is 25.5 Å². The molecule has 0 atom stereocenters. The zero-order chi connectivity index (χ0) is 19.1. The first kappa shape index (κ1) is 18.5. The van der Waals surface area contributed by atoms with E-state index in [1.54, 1.807) is 48.5 Å². The number of halogens is 1. The van der Waals surface area contributed by atoms with Crippen LogP contribution in [0.25, 0.3) is 5.69 Å². The summed E-state index contributed by atoms with van der Waals surface area (Å²) in [7, 11) is 0. The van der Waals surface area contributed by atoms with Crippen LogP contribution in [0.1, 0.15) is 23.2 Å². The van der Waals surface area contributed by atoms with Crippen LogP contribution in [0.4, 0.5) is 5.69 Å². The lowest BCUT2D eigenvalue weighted by molar-refractivity contribution is -0.116. The molecule has 0 aliphatic heterocycles. The zero-order valence-electron chi connectivity index (χ0n) is 14.3. The Balaban J connectivity index is 1.39. The first-order valence-electron chi connectivity index (χ1n) is 8.29. The molecule has 138 valence electrons. The van der Waals surface area contributed by atoms with E-state index < -0.39 is 0 Å². The molecule has 0 aliphatic rings. The average Bonchev–Trinajstić information content (AvgIpc) is 3.21. The molecule has 3 rings (SSSR count). The maximum Gasteiger partial charge on any atom is 0.251 e. The second-order valence-corrected chi connectivity index (χ2v) is 6.15. The summed E-state index contributed by atoms with van der Waals surface area (Å²) in [6.07, 6.45) is 2.33. The number of carbonyl (C=O) groups is 2. The van der Waals surface area contributed by atoms with Gasteiger partial charge in [-0.05, 0) is 65.4 Å². The van der Waals surface area contributed by atoms with Crippen LogP contribution in [0.2, 0.25) is 5.02 Å². The number of nitrogens with one attached hydrogen (secondary N) is 2. The molecule has 8 nitrogen and oxygen atoms in total. The highest BCUT2D eigenvalue weighted by atomic mass is 35.5. The Kier molecular flexibility index (Phi) is 6.11. The molecule has 2 N–H and O–H groups in total. The van der Waals surface area contributed by atoms with E-state index in [9.17, 15) is 9.59 Å². The van der Waals surface area contributed by atoms with E-state index in [1.807, 2.05) is 0 Å². The van der Waals surface area contributed by atoms with Crippen molar-refractivity contribution in [2.24, 2.45) is 0 Å². The Morgan fingerprint density at radius 3 is 2.44 bits per heavy atom. The summed E-state index contributed by atoms with van der Waals surface area (Å²) in [5.74, 6) is -0.309. The van der Waals surface area contributed by atoms with Crippen LogP contribution in [0, 0.1) is 0 Å². The van der Waals surface area contributed by atoms with Crippen molar-refractivity contribution in [3.05, 3.63) is 65.4 Å². The maximum atomic E-state index is 12.0. The Morgan fingerprint density at radius 1 is 1.04 bits per heavy atom. The number of aromatic nitrogens is 4. The second-order valence-electron chi connectivity index (χ2n) is 5.72. The van der Waals surface area contributed by atoms with Crippen LogP contribution < -0.4 is 10.6 Å². The molecule has 1 heterocycles. The topological polar surface area (TPSA) is 102 Å². The number of benzene rings is 2. The molecule has 0 unspecified atom stereocenters. The number of carbonyl (C=O) groups excluding carboxylic acids is 2. The minimum absolute atomic E-state index is 0.120. The van der Waals surface area contributed by atoms with Gasteiger partial charge in [0, 0.05) is 29.2 Å². The van der Waals surface area contributed by atoms with Gasteiger partial charge in [-0.2, -0.15) is 0 Å². The molecule has 0 spiro atoms. The third kappa shape index (κ3) is 5.35. The number of rotatable bonds is 7. The van der Waals surface area contributed by atoms with Gasteiger partial charge in [0.2, 0.25) is 5.91 Å². The van der Waals surface area contributed by atoms with Crippen LogP contribution in [0.15, 0.2) is 54.9 Å². The fourth-order valence-electron chi connectivity index (χ4n) is 2.35. The van der Waals surface area contributed by atoms with Crippen molar-refractivity contribution < 1.29 is 9.59 Å². The Bertz CT molecular complexity index is 895. The summed E-state index contributed by atoms with van der Waals surface area (Å²) in [5, 5.41) is 17.1. The maximum absolute atomic E-state index is 12.0. The minimum Gasteiger partial charge on any atom is -0.352 e. The summed E-state index contributed by atoms with van der Waals surface area (Å²) >= 11 is 5.79. The molecule has 0 aliphatic carbocycles. The molecule has 0 saturated heterocycles. The first-order valence-corrected chi connectivity index (χ1v) is 8.67. The summed E-state index contributed by atoms with van der Waals surface area (Å²) < 4.78 is 1.52. The van der Waals surface area contributed by atoms with E-state index in [0.717, 1.165) is 5.69 Å². The molecule has 0 radical (unpaired) electrons. The lowest BCUT2D eigenvalue weighted by Crippen LogP contribution is -2.25. The van der Waals surface area contributed by atoms with Crippen molar-refractivity contribution >= 4 is 29.1 Å². The Labute approximate surface area is 160 Å². The van der Waals surface area contributed by atoms with Crippen molar-refractivity contribution in [3.8, 4) is 5.69 Å². The Morgan fingerprint density at radius 2 is 1.78 bits per heavy atom. The highest BCUT2D eigenvalue weighted by Crippen LogP contribution is 2.12. The normalized spacial score (nSPS) is 10.4. The molecular weight excluding hydrogens is 368 g/mol. The number of hydrogen-bond acceptors (Lipinski definition) is 5. The molecule has 2 amide bonds. The summed E-state index contributed by atoms with van der Waals surface area (Å²) in [4.78, 5) is 24.0. The number of amides is 2. The van der Waals surface area contributed by atoms with E-state index in [-0.39, 0.29) is 11.8 Å². The molecule has 0 fully saturated rings. The predicted octanol–water partition coefficient (Wildman–Crippen LogP) is 2.46. The van der Waals surface area contributed by atoms with Gasteiger partial charge in [-0.25, -0.2) is 4.68 Å². The highest BCUT2D eigenvalue weighted by molar-refractivity contribution is 6.30. The lowest BCUT2D eigenvalue weighted by atomic mass is 10.2. The fourth-order valence-corrected chi connectivity index (χ4v) is 2.48. The predicted molar refractivity (Wildman–Crippen MR) is 101 cm³/mol. The number of tetrazole rings is 1. The SMILES string of the molecule is O=C(CCCNC(=O)c1ccc(Cl)cc1)Nc1ccc(-n2cnnn2)cc1. The van der Waals surface area contributed by atoms with Gasteiger partial charge in [-0.1, -0.05) is 11.6 Å². The van der Waals surface area contributed by atoms with Gasteiger partial charge in [-0.15, -0.1) is 5.10 Å². The van der Waals surface area contributed by atoms with Crippen LogP contribution >= 0.6 is 11.6 Å². The van der Waals surface area contributed by atoms with E-state index in [1.165, 1.54) is 11.0 Å². The van der Waals surface area contributed by atoms with Crippen molar-refractivity contribution in [2.75, 3.05) is 11.9 Å². The molecular formula is C18H17ClN6O2. The largest absolute Gasteiger partial charge is 0.352 e. The zero-order valence-corrected chi connectivity index (χ0v) is 15.1. The molecule has 2 aromatic carbocycles. The minimum atomic E-state index is -0.190. The van der Waals surface area contributed by atoms with Crippen LogP contribution in [-0.4, -0.2) is 38.6 Å². The third-order valence-electron chi connectivity index (χ3n) is 3.74. The quantitative estimate of drug-likeness (QED) is 0.609. The first-order chi connectivity index (χ1) is 13.1. The Hall–Kier alpha value is -3.26. The summed E-state index contributed by atoms with van der Waals surface area (Å²) in [6.45, 7) is 0.410. The molecule has 27 heavy (non-hydrogen) atoms. The molecule has 0 saturated carbocycles. The van der Waals surface area contributed by atoms with Gasteiger partial charge < -0.3 is 10.6 Å². The molecule has 1 aromatic heterocycles. The summed E-state index contributed by atoms with van der Waals surface area (Å²) in [5.41, 5.74) is 2.01. The number of hydrogen-bond donors (Lipinski definition) is 2. The van der Waals surface area contributed by atoms with Gasteiger partial charge in [0.05, 0.1) is 5.69 Å². The number of nitrogens with zero attached hydrogens (tertiary/aromatic N) is 4. The molecule has 3 aromatic rings. The second kappa shape index (κ2) is 8.91. The smallest absolute Gasteiger partial charge is 0.251 e. The van der Waals surface area contributed by atoms with Gasteiger partial charge in [0.15, 0.2) is 0 Å². The van der Waals surface area contributed by atoms with E-state index in [2.05, 4.69) is 26.2 Å². The molecule has 9 heteroatoms. The van der Waals surface area contributed by atoms with Crippen molar-refractivity contribution in [2.45, 2.75) is 12.8 Å². The summed E-state index contributed by atoms with van der Waals surface area (Å²) in [6, 6.07) is 13.8. The third-order valence-corrected chi connectivity index (χ3v) is 3.99. The van der Waals surface area contributed by atoms with E-state index >= 15 is 0 Å². The van der Waals surface area contributed by atoms with E-state index in [0.29, 0.717) is 35.7 Å².